The number of aryl methyl sites for hydroxylation is 2. The third-order valence-electron chi connectivity index (χ3n) is 3.71. The quantitative estimate of drug-likeness (QED) is 0.748. The summed E-state index contributed by atoms with van der Waals surface area (Å²) in [5.41, 5.74) is 1.45. The van der Waals surface area contributed by atoms with Gasteiger partial charge in [-0.1, -0.05) is 17.7 Å². The van der Waals surface area contributed by atoms with Gasteiger partial charge in [-0.15, -0.1) is 0 Å². The number of nitrogens with zero attached hydrogens (tertiary/aromatic N) is 1. The number of hydrogen-bond donors (Lipinski definition) is 1. The van der Waals surface area contributed by atoms with Crippen molar-refractivity contribution in [1.82, 2.24) is 4.57 Å². The highest BCUT2D eigenvalue weighted by atomic mass is 16.5. The molecule has 3 rings (SSSR count). The second kappa shape index (κ2) is 5.68. The Morgan fingerprint density at radius 3 is 2.48 bits per heavy atom. The predicted molar refractivity (Wildman–Crippen MR) is 87.2 cm³/mol. The van der Waals surface area contributed by atoms with Gasteiger partial charge < -0.3 is 19.1 Å². The number of methoxy groups -OCH3 is 1. The van der Waals surface area contributed by atoms with Gasteiger partial charge in [0.2, 0.25) is 0 Å². The Balaban J connectivity index is 2.15. The summed E-state index contributed by atoms with van der Waals surface area (Å²) in [5.74, 6) is 0.730. The van der Waals surface area contributed by atoms with E-state index >= 15 is 0 Å². The van der Waals surface area contributed by atoms with Gasteiger partial charge in [0.25, 0.3) is 0 Å². The molecule has 0 saturated carbocycles. The van der Waals surface area contributed by atoms with Crippen LogP contribution in [0.2, 0.25) is 0 Å². The van der Waals surface area contributed by atoms with Gasteiger partial charge in [0, 0.05) is 24.0 Å². The number of aromatic nitrogens is 1. The van der Waals surface area contributed by atoms with E-state index in [-0.39, 0.29) is 5.88 Å². The minimum absolute atomic E-state index is 0.0690. The van der Waals surface area contributed by atoms with Gasteiger partial charge >= 0.3 is 5.97 Å². The summed E-state index contributed by atoms with van der Waals surface area (Å²) in [6.45, 7) is 2.00. The molecular weight excluding hydrogens is 294 g/mol. The Labute approximate surface area is 133 Å². The largest absolute Gasteiger partial charge is 0.494 e. The lowest BCUT2D eigenvalue weighted by molar-refractivity contribution is 0.0600. The minimum atomic E-state index is -0.482. The van der Waals surface area contributed by atoms with E-state index in [1.807, 2.05) is 31.2 Å². The second-order valence-electron chi connectivity index (χ2n) is 5.41. The molecule has 0 aliphatic rings. The smallest absolute Gasteiger partial charge is 0.338 e. The van der Waals surface area contributed by atoms with E-state index in [4.69, 9.17) is 9.47 Å². The molecular formula is C18H17NO4. The number of rotatable bonds is 3. The zero-order chi connectivity index (χ0) is 16.6. The van der Waals surface area contributed by atoms with Crippen molar-refractivity contribution in [2.24, 2.45) is 7.05 Å². The highest BCUT2D eigenvalue weighted by Crippen LogP contribution is 2.37. The Bertz CT molecular complexity index is 878. The van der Waals surface area contributed by atoms with Crippen molar-refractivity contribution in [2.45, 2.75) is 6.92 Å². The minimum Gasteiger partial charge on any atom is -0.494 e. The molecule has 23 heavy (non-hydrogen) atoms. The average Bonchev–Trinajstić information content (AvgIpc) is 2.84. The summed E-state index contributed by atoms with van der Waals surface area (Å²) in [6.07, 6.45) is 1.76. The summed E-state index contributed by atoms with van der Waals surface area (Å²) >= 11 is 0. The van der Waals surface area contributed by atoms with Crippen LogP contribution in [0, 0.1) is 6.92 Å². The molecule has 5 nitrogen and oxygen atoms in total. The van der Waals surface area contributed by atoms with Gasteiger partial charge in [0.05, 0.1) is 12.7 Å². The van der Waals surface area contributed by atoms with Crippen molar-refractivity contribution in [3.05, 3.63) is 53.7 Å². The van der Waals surface area contributed by atoms with Crippen LogP contribution in [0.15, 0.2) is 42.6 Å². The predicted octanol–water partition coefficient (Wildman–Crippen LogP) is 3.77. The Hall–Kier alpha value is -2.95. The van der Waals surface area contributed by atoms with E-state index in [2.05, 4.69) is 0 Å². The highest BCUT2D eigenvalue weighted by molar-refractivity contribution is 6.00. The molecule has 0 radical (unpaired) electrons. The lowest BCUT2D eigenvalue weighted by atomic mass is 10.1. The van der Waals surface area contributed by atoms with Gasteiger partial charge in [-0.05, 0) is 31.2 Å². The van der Waals surface area contributed by atoms with Gasteiger partial charge in [0.1, 0.15) is 11.5 Å². The average molecular weight is 311 g/mol. The highest BCUT2D eigenvalue weighted by Gasteiger charge is 2.17. The van der Waals surface area contributed by atoms with Crippen molar-refractivity contribution in [3.63, 3.8) is 0 Å². The maximum absolute atomic E-state index is 11.9. The third kappa shape index (κ3) is 2.73. The normalized spacial score (nSPS) is 10.7. The number of benzene rings is 2. The summed E-state index contributed by atoms with van der Waals surface area (Å²) in [6, 6.07) is 10.8. The summed E-state index contributed by atoms with van der Waals surface area (Å²) < 4.78 is 12.3. The first kappa shape index (κ1) is 15.0. The Kier molecular flexibility index (Phi) is 3.70. The van der Waals surface area contributed by atoms with Crippen LogP contribution < -0.4 is 4.74 Å². The van der Waals surface area contributed by atoms with Crippen LogP contribution in [-0.2, 0) is 11.8 Å². The molecule has 0 atom stereocenters. The fourth-order valence-electron chi connectivity index (χ4n) is 2.44. The standard InChI is InChI=1S/C18H17NO4/c1-11-4-6-13(7-5-11)23-16-9-12(18(21)22-3)8-14-15(16)10-19(2)17(14)20/h4-10,20H,1-3H3. The molecule has 0 saturated heterocycles. The zero-order valence-corrected chi connectivity index (χ0v) is 13.2. The van der Waals surface area contributed by atoms with Crippen molar-refractivity contribution < 1.29 is 19.4 Å². The molecule has 0 aliphatic heterocycles. The first-order chi connectivity index (χ1) is 11.0. The molecule has 1 N–H and O–H groups in total. The van der Waals surface area contributed by atoms with Crippen molar-refractivity contribution in [1.29, 1.82) is 0 Å². The topological polar surface area (TPSA) is 60.7 Å². The fourth-order valence-corrected chi connectivity index (χ4v) is 2.44. The molecule has 1 aromatic heterocycles. The molecule has 0 fully saturated rings. The molecule has 5 heteroatoms. The molecule has 1 heterocycles. The molecule has 0 bridgehead atoms. The Morgan fingerprint density at radius 1 is 1.13 bits per heavy atom. The van der Waals surface area contributed by atoms with Crippen LogP contribution in [0.25, 0.3) is 10.8 Å². The van der Waals surface area contributed by atoms with E-state index in [1.54, 1.807) is 29.9 Å². The van der Waals surface area contributed by atoms with Gasteiger partial charge in [-0.2, -0.15) is 0 Å². The number of carbonyl (C=O) groups excluding carboxylic acids is 1. The SMILES string of the molecule is COC(=O)c1cc(Oc2ccc(C)cc2)c2cn(C)c(O)c2c1. The number of fused-ring (bicyclic) bond motifs is 1. The maximum Gasteiger partial charge on any atom is 0.338 e. The van der Waals surface area contributed by atoms with Crippen molar-refractivity contribution in [3.8, 4) is 17.4 Å². The van der Waals surface area contributed by atoms with Crippen molar-refractivity contribution in [2.75, 3.05) is 7.11 Å². The van der Waals surface area contributed by atoms with E-state index in [9.17, 15) is 9.90 Å². The van der Waals surface area contributed by atoms with Gasteiger partial charge in [0.15, 0.2) is 5.88 Å². The van der Waals surface area contributed by atoms with Gasteiger partial charge in [-0.25, -0.2) is 4.79 Å². The Morgan fingerprint density at radius 2 is 1.83 bits per heavy atom. The van der Waals surface area contributed by atoms with Crippen LogP contribution in [0.4, 0.5) is 0 Å². The first-order valence-electron chi connectivity index (χ1n) is 7.14. The third-order valence-corrected chi connectivity index (χ3v) is 3.71. The molecule has 2 aromatic carbocycles. The van der Waals surface area contributed by atoms with Crippen LogP contribution >= 0.6 is 0 Å². The van der Waals surface area contributed by atoms with E-state index in [1.165, 1.54) is 7.11 Å². The number of ether oxygens (including phenoxy) is 2. The number of carbonyl (C=O) groups is 1. The van der Waals surface area contributed by atoms with E-state index in [0.29, 0.717) is 22.4 Å². The number of hydrogen-bond acceptors (Lipinski definition) is 4. The summed E-state index contributed by atoms with van der Waals surface area (Å²) in [7, 11) is 3.04. The van der Waals surface area contributed by atoms with E-state index in [0.717, 1.165) is 10.9 Å². The number of aromatic hydroxyl groups is 1. The maximum atomic E-state index is 11.9. The monoisotopic (exact) mass is 311 g/mol. The fraction of sp³-hybridized carbons (Fsp3) is 0.167. The summed E-state index contributed by atoms with van der Waals surface area (Å²) in [5, 5.41) is 11.4. The van der Waals surface area contributed by atoms with Crippen LogP contribution in [0.5, 0.6) is 17.4 Å². The second-order valence-corrected chi connectivity index (χ2v) is 5.41. The molecule has 118 valence electrons. The molecule has 0 unspecified atom stereocenters. The van der Waals surface area contributed by atoms with Crippen LogP contribution in [0.1, 0.15) is 15.9 Å². The lowest BCUT2D eigenvalue weighted by Crippen LogP contribution is -2.01. The molecule has 0 spiro atoms. The summed E-state index contributed by atoms with van der Waals surface area (Å²) in [4.78, 5) is 11.9. The molecule has 3 aromatic rings. The number of esters is 1. The van der Waals surface area contributed by atoms with Gasteiger partial charge in [-0.3, -0.25) is 0 Å². The molecule has 0 amide bonds. The zero-order valence-electron chi connectivity index (χ0n) is 13.2. The first-order valence-corrected chi connectivity index (χ1v) is 7.14. The lowest BCUT2D eigenvalue weighted by Gasteiger charge is -2.09. The molecule has 0 aliphatic carbocycles. The van der Waals surface area contributed by atoms with Crippen LogP contribution in [-0.4, -0.2) is 22.8 Å². The van der Waals surface area contributed by atoms with Crippen molar-refractivity contribution >= 4 is 16.7 Å². The van der Waals surface area contributed by atoms with Crippen LogP contribution in [0.3, 0.4) is 0 Å². The van der Waals surface area contributed by atoms with E-state index < -0.39 is 5.97 Å².